The highest BCUT2D eigenvalue weighted by molar-refractivity contribution is 8.46. The topological polar surface area (TPSA) is 17.1 Å². The molecule has 0 fully saturated rings. The molecule has 4 heteroatoms. The van der Waals surface area contributed by atoms with Crippen molar-refractivity contribution in [2.24, 2.45) is 0 Å². The molecule has 0 spiro atoms. The van der Waals surface area contributed by atoms with E-state index in [-0.39, 0.29) is 0 Å². The highest BCUT2D eigenvalue weighted by Crippen LogP contribution is 1.93. The Kier molecular flexibility index (Phi) is 2.33. The lowest BCUT2D eigenvalue weighted by molar-refractivity contribution is 0.691. The van der Waals surface area contributed by atoms with Gasteiger partial charge in [-0.2, -0.15) is 0 Å². The smallest absolute Gasteiger partial charge is 0.112 e. The van der Waals surface area contributed by atoms with Gasteiger partial charge in [0.1, 0.15) is 7.71 Å². The van der Waals surface area contributed by atoms with Crippen LogP contribution in [0.2, 0.25) is 0 Å². The zero-order chi connectivity index (χ0) is 5.21. The summed E-state index contributed by atoms with van der Waals surface area (Å²) in [7, 11) is 2.70. The van der Waals surface area contributed by atoms with Crippen molar-refractivity contribution in [1.82, 2.24) is 0 Å². The minimum absolute atomic E-state index is 0.379. The predicted molar refractivity (Wildman–Crippen MR) is 31.9 cm³/mol. The monoisotopic (exact) mass is 144 g/mol. The van der Waals surface area contributed by atoms with Crippen LogP contribution in [0.5, 0.6) is 0 Å². The molecule has 0 aromatic rings. The molecule has 0 N–H and O–H groups in total. The van der Waals surface area contributed by atoms with Gasteiger partial charge in [0.2, 0.25) is 0 Å². The summed E-state index contributed by atoms with van der Waals surface area (Å²) >= 11 is 4.28. The van der Waals surface area contributed by atoms with Gasteiger partial charge >= 0.3 is 0 Å². The second-order valence-electron chi connectivity index (χ2n) is 0.828. The normalized spacial score (nSPS) is 19.7. The molecule has 0 aliphatic carbocycles. The van der Waals surface area contributed by atoms with Gasteiger partial charge in [0.05, 0.1) is 0 Å². The van der Waals surface area contributed by atoms with Gasteiger partial charge in [-0.1, -0.05) is 6.92 Å². The second-order valence-corrected chi connectivity index (χ2v) is 6.14. The van der Waals surface area contributed by atoms with Crippen molar-refractivity contribution in [3.63, 3.8) is 0 Å². The Morgan fingerprint density at radius 1 is 2.00 bits per heavy atom. The third-order valence-corrected chi connectivity index (χ3v) is 2.40. The van der Waals surface area contributed by atoms with Crippen LogP contribution in [-0.2, 0) is 18.9 Å². The Labute approximate surface area is 46.9 Å². The fourth-order valence-corrected chi connectivity index (χ4v) is 0. The van der Waals surface area contributed by atoms with Crippen LogP contribution in [-0.4, -0.2) is 9.96 Å². The van der Waals surface area contributed by atoms with E-state index in [9.17, 15) is 4.21 Å². The Bertz CT molecular complexity index is 114. The van der Waals surface area contributed by atoms with Crippen LogP contribution in [0, 0.1) is 0 Å². The fraction of sp³-hybridized carbons (Fsp3) is 1.00. The standard InChI is InChI=1S/C2H5ClOS2/c1-2-6(3,4)5/h2H2,1H3. The first-order valence-corrected chi connectivity index (χ1v) is 4.96. The molecule has 0 heterocycles. The summed E-state index contributed by atoms with van der Waals surface area (Å²) in [5.41, 5.74) is 0. The van der Waals surface area contributed by atoms with Crippen LogP contribution in [0.25, 0.3) is 0 Å². The molecule has 0 amide bonds. The third kappa shape index (κ3) is 4.66. The summed E-state index contributed by atoms with van der Waals surface area (Å²) in [5, 5.41) is 0. The number of hydrogen-bond acceptors (Lipinski definition) is 2. The molecule has 0 aromatic heterocycles. The zero-order valence-electron chi connectivity index (χ0n) is 3.31. The van der Waals surface area contributed by atoms with Gasteiger partial charge in [-0.05, 0) is 21.9 Å². The highest BCUT2D eigenvalue weighted by atomic mass is 35.7. The van der Waals surface area contributed by atoms with E-state index in [4.69, 9.17) is 10.7 Å². The van der Waals surface area contributed by atoms with Crippen molar-refractivity contribution in [1.29, 1.82) is 0 Å². The van der Waals surface area contributed by atoms with Gasteiger partial charge in [-0.15, -0.1) is 0 Å². The summed E-state index contributed by atoms with van der Waals surface area (Å²) in [6.45, 7) is 1.70. The zero-order valence-corrected chi connectivity index (χ0v) is 5.70. The van der Waals surface area contributed by atoms with Crippen LogP contribution >= 0.6 is 10.7 Å². The predicted octanol–water partition coefficient (Wildman–Crippen LogP) is 0.906. The maximum atomic E-state index is 10.1. The molecule has 0 aliphatic heterocycles. The summed E-state index contributed by atoms with van der Waals surface area (Å²) in [4.78, 5) is 0. The Morgan fingerprint density at radius 2 is 2.17 bits per heavy atom. The van der Waals surface area contributed by atoms with E-state index in [0.29, 0.717) is 5.75 Å². The van der Waals surface area contributed by atoms with E-state index in [1.165, 1.54) is 0 Å². The van der Waals surface area contributed by atoms with Crippen molar-refractivity contribution in [3.8, 4) is 0 Å². The Hall–Kier alpha value is 0.660. The van der Waals surface area contributed by atoms with E-state index < -0.39 is 7.71 Å². The number of hydrogen-bond donors (Lipinski definition) is 0. The summed E-state index contributed by atoms with van der Waals surface area (Å²) in [6.07, 6.45) is 0. The molecule has 1 nitrogen and oxygen atoms in total. The van der Waals surface area contributed by atoms with Gasteiger partial charge < -0.3 is 0 Å². The third-order valence-electron chi connectivity index (χ3n) is 0.345. The molecule has 1 atom stereocenters. The molecule has 38 valence electrons. The molecular formula is C2H5ClOS2. The van der Waals surface area contributed by atoms with E-state index in [1.54, 1.807) is 6.92 Å². The van der Waals surface area contributed by atoms with Crippen LogP contribution in [0.3, 0.4) is 0 Å². The maximum absolute atomic E-state index is 10.1. The molecule has 0 aromatic carbocycles. The molecule has 0 bridgehead atoms. The van der Waals surface area contributed by atoms with E-state index >= 15 is 0 Å². The quantitative estimate of drug-likeness (QED) is 0.509. The van der Waals surface area contributed by atoms with E-state index in [2.05, 4.69) is 11.2 Å². The first-order chi connectivity index (χ1) is 2.56. The summed E-state index contributed by atoms with van der Waals surface area (Å²) in [5.74, 6) is 0.379. The minimum Gasteiger partial charge on any atom is -0.241 e. The van der Waals surface area contributed by atoms with Crippen molar-refractivity contribution >= 4 is 29.6 Å². The summed E-state index contributed by atoms with van der Waals surface area (Å²) < 4.78 is 10.1. The molecular weight excluding hydrogens is 140 g/mol. The average molecular weight is 145 g/mol. The Balaban J connectivity index is 3.85. The second kappa shape index (κ2) is 2.09. The SMILES string of the molecule is CCS(=O)(=S)Cl. The minimum atomic E-state index is -2.36. The molecule has 0 rings (SSSR count). The largest absolute Gasteiger partial charge is 0.241 e. The molecule has 6 heavy (non-hydrogen) atoms. The lowest BCUT2D eigenvalue weighted by atomic mass is 11.0. The molecule has 0 saturated heterocycles. The van der Waals surface area contributed by atoms with E-state index in [1.807, 2.05) is 0 Å². The molecule has 0 aliphatic rings. The van der Waals surface area contributed by atoms with Crippen LogP contribution in [0.1, 0.15) is 6.92 Å². The first kappa shape index (κ1) is 6.66. The van der Waals surface area contributed by atoms with Crippen LogP contribution < -0.4 is 0 Å². The maximum Gasteiger partial charge on any atom is 0.112 e. The number of halogens is 1. The Morgan fingerprint density at radius 3 is 2.17 bits per heavy atom. The van der Waals surface area contributed by atoms with Crippen LogP contribution in [0.15, 0.2) is 0 Å². The lowest BCUT2D eigenvalue weighted by Gasteiger charge is -1.81. The lowest BCUT2D eigenvalue weighted by Crippen LogP contribution is -1.86. The van der Waals surface area contributed by atoms with Crippen molar-refractivity contribution in [2.75, 3.05) is 5.75 Å². The molecule has 0 radical (unpaired) electrons. The van der Waals surface area contributed by atoms with Crippen LogP contribution in [0.4, 0.5) is 0 Å². The molecule has 1 unspecified atom stereocenters. The average Bonchev–Trinajstić information content (AvgIpc) is 1.35. The van der Waals surface area contributed by atoms with Gasteiger partial charge in [0, 0.05) is 5.75 Å². The summed E-state index contributed by atoms with van der Waals surface area (Å²) in [6, 6.07) is 0. The van der Waals surface area contributed by atoms with Crippen molar-refractivity contribution in [2.45, 2.75) is 6.92 Å². The van der Waals surface area contributed by atoms with Crippen molar-refractivity contribution < 1.29 is 4.21 Å². The number of rotatable bonds is 1. The van der Waals surface area contributed by atoms with E-state index in [0.717, 1.165) is 0 Å². The van der Waals surface area contributed by atoms with Gasteiger partial charge in [-0.3, -0.25) is 0 Å². The van der Waals surface area contributed by atoms with Gasteiger partial charge in [0.15, 0.2) is 0 Å². The molecule has 0 saturated carbocycles. The first-order valence-electron chi connectivity index (χ1n) is 1.48. The fourth-order valence-electron chi connectivity index (χ4n) is 0. The van der Waals surface area contributed by atoms with Gasteiger partial charge in [-0.25, -0.2) is 4.21 Å². The highest BCUT2D eigenvalue weighted by Gasteiger charge is 1.89. The van der Waals surface area contributed by atoms with Gasteiger partial charge in [0.25, 0.3) is 0 Å². The van der Waals surface area contributed by atoms with Crippen molar-refractivity contribution in [3.05, 3.63) is 0 Å².